The first kappa shape index (κ1) is 29.2. The van der Waals surface area contributed by atoms with Crippen LogP contribution < -0.4 is 20.5 Å². The molecule has 0 amide bonds. The summed E-state index contributed by atoms with van der Waals surface area (Å²) < 4.78 is 58.5. The molecular formula is C30H28ClF3N6O3S. The minimum Gasteiger partial charge on any atom is -0.485 e. The summed E-state index contributed by atoms with van der Waals surface area (Å²) in [5.41, 5.74) is 5.33. The number of fused-ring (bicyclic) bond motifs is 2. The van der Waals surface area contributed by atoms with Gasteiger partial charge in [0.25, 0.3) is 0 Å². The number of aliphatic hydroxyl groups is 1. The number of nitrogen functional groups attached to an aromatic ring is 1. The molecule has 5 heterocycles. The molecular weight excluding hydrogens is 617 g/mol. The molecule has 0 bridgehead atoms. The number of anilines is 2. The number of halogens is 4. The molecule has 9 nitrogen and oxygen atoms in total. The maximum Gasteiger partial charge on any atom is 0.319 e. The Morgan fingerprint density at radius 3 is 2.93 bits per heavy atom. The molecule has 230 valence electrons. The summed E-state index contributed by atoms with van der Waals surface area (Å²) in [5, 5.41) is 23.4. The van der Waals surface area contributed by atoms with Crippen molar-refractivity contribution < 1.29 is 27.8 Å². The number of nitriles is 1. The molecule has 2 aromatic heterocycles. The average Bonchev–Trinajstić information content (AvgIpc) is 3.63. The minimum absolute atomic E-state index is 0.00196. The number of nitrogens with zero attached hydrogens (tertiary/aromatic N) is 4. The molecule has 7 rings (SSSR count). The fraction of sp³-hybridized carbons (Fsp3) is 0.433. The van der Waals surface area contributed by atoms with E-state index in [4.69, 9.17) is 26.8 Å². The number of aliphatic hydroxyl groups excluding tert-OH is 1. The molecule has 4 atom stereocenters. The van der Waals surface area contributed by atoms with E-state index in [1.165, 1.54) is 6.07 Å². The standard InChI is InChI=1S/C30H28ClF3N6O3S/c1-13-7-15(11-41)43-25-21-24(38-29(39-28(21)37-13)42-12-30-5-2-6-40(30)10-14(32)8-30)23(34)20(22(25)31)16-3-4-18(33)26-19(16)17(9-35)27(36)44-26/h3-4,13-15,41H,2,5-8,10-12,36H2,1H3,(H,37,38,39)/t13-,14-,15?,30+/m1/s1. The van der Waals surface area contributed by atoms with Crippen LogP contribution in [0, 0.1) is 23.0 Å². The third kappa shape index (κ3) is 4.50. The fourth-order valence-electron chi connectivity index (χ4n) is 6.94. The van der Waals surface area contributed by atoms with Gasteiger partial charge in [0, 0.05) is 36.4 Å². The summed E-state index contributed by atoms with van der Waals surface area (Å²) in [6.07, 6.45) is 0.726. The van der Waals surface area contributed by atoms with Crippen molar-refractivity contribution in [3.05, 3.63) is 34.4 Å². The van der Waals surface area contributed by atoms with Crippen LogP contribution in [0.2, 0.25) is 5.02 Å². The fourth-order valence-corrected chi connectivity index (χ4v) is 8.21. The summed E-state index contributed by atoms with van der Waals surface area (Å²) in [5.74, 6) is -1.25. The Morgan fingerprint density at radius 2 is 2.16 bits per heavy atom. The molecule has 0 spiro atoms. The largest absolute Gasteiger partial charge is 0.485 e. The van der Waals surface area contributed by atoms with E-state index in [1.807, 2.05) is 13.0 Å². The van der Waals surface area contributed by atoms with Crippen molar-refractivity contribution in [3.63, 3.8) is 0 Å². The van der Waals surface area contributed by atoms with Crippen LogP contribution in [0.1, 0.15) is 38.2 Å². The number of hydrogen-bond acceptors (Lipinski definition) is 10. The van der Waals surface area contributed by atoms with Gasteiger partial charge in [-0.2, -0.15) is 15.2 Å². The second-order valence-electron chi connectivity index (χ2n) is 11.7. The maximum absolute atomic E-state index is 16.9. The first-order chi connectivity index (χ1) is 21.1. The maximum atomic E-state index is 16.9. The van der Waals surface area contributed by atoms with Crippen LogP contribution in [0.25, 0.3) is 32.1 Å². The topological polar surface area (TPSA) is 130 Å². The van der Waals surface area contributed by atoms with E-state index in [0.29, 0.717) is 19.4 Å². The number of rotatable bonds is 5. The third-order valence-corrected chi connectivity index (χ3v) is 10.3. The SMILES string of the molecule is C[C@@H]1CC(CO)Oc2c(Cl)c(-c3ccc(F)c4sc(N)c(C#N)c34)c(F)c3nc(OC[C@@]45CCCN4C[C@H](F)C5)nc(c23)N1. The van der Waals surface area contributed by atoms with E-state index in [2.05, 4.69) is 20.2 Å². The first-order valence-electron chi connectivity index (χ1n) is 14.3. The molecule has 4 aromatic rings. The van der Waals surface area contributed by atoms with Crippen LogP contribution >= 0.6 is 22.9 Å². The number of hydrogen-bond donors (Lipinski definition) is 3. The Kier molecular flexibility index (Phi) is 7.16. The lowest BCUT2D eigenvalue weighted by Gasteiger charge is -2.31. The molecule has 0 aliphatic carbocycles. The van der Waals surface area contributed by atoms with Crippen LogP contribution in [-0.4, -0.2) is 70.1 Å². The van der Waals surface area contributed by atoms with Gasteiger partial charge in [0.05, 0.1) is 32.8 Å². The highest BCUT2D eigenvalue weighted by Crippen LogP contribution is 2.50. The van der Waals surface area contributed by atoms with Crippen molar-refractivity contribution in [2.45, 2.75) is 56.5 Å². The Balaban J connectivity index is 1.45. The van der Waals surface area contributed by atoms with E-state index in [1.54, 1.807) is 0 Å². The number of nitrogens with one attached hydrogen (secondary N) is 1. The smallest absolute Gasteiger partial charge is 0.319 e. The van der Waals surface area contributed by atoms with Crippen LogP contribution in [0.3, 0.4) is 0 Å². The highest BCUT2D eigenvalue weighted by Gasteiger charge is 2.49. The minimum atomic E-state index is -0.953. The normalized spacial score (nSPS) is 24.9. The molecule has 2 aromatic carbocycles. The van der Waals surface area contributed by atoms with E-state index in [9.17, 15) is 19.1 Å². The van der Waals surface area contributed by atoms with Gasteiger partial charge in [-0.25, -0.2) is 13.2 Å². The third-order valence-electron chi connectivity index (χ3n) is 8.88. The predicted octanol–water partition coefficient (Wildman–Crippen LogP) is 5.80. The molecule has 44 heavy (non-hydrogen) atoms. The molecule has 3 aliphatic rings. The van der Waals surface area contributed by atoms with E-state index >= 15 is 4.39 Å². The van der Waals surface area contributed by atoms with Crippen LogP contribution in [0.5, 0.6) is 11.8 Å². The van der Waals surface area contributed by atoms with Crippen molar-refractivity contribution in [2.24, 2.45) is 0 Å². The average molecular weight is 645 g/mol. The summed E-state index contributed by atoms with van der Waals surface area (Å²) in [6, 6.07) is 4.12. The summed E-state index contributed by atoms with van der Waals surface area (Å²) >= 11 is 7.79. The number of alkyl halides is 1. The monoisotopic (exact) mass is 644 g/mol. The van der Waals surface area contributed by atoms with Crippen molar-refractivity contribution in [1.82, 2.24) is 14.9 Å². The number of aromatic nitrogens is 2. The van der Waals surface area contributed by atoms with Gasteiger partial charge in [0.2, 0.25) is 0 Å². The number of benzene rings is 2. The molecule has 14 heteroatoms. The zero-order valence-corrected chi connectivity index (χ0v) is 25.2. The second-order valence-corrected chi connectivity index (χ2v) is 13.2. The van der Waals surface area contributed by atoms with Gasteiger partial charge in [-0.05, 0) is 37.9 Å². The lowest BCUT2D eigenvalue weighted by atomic mass is 9.95. The van der Waals surface area contributed by atoms with Crippen molar-refractivity contribution >= 4 is 54.7 Å². The van der Waals surface area contributed by atoms with Crippen LogP contribution in [0.15, 0.2) is 12.1 Å². The lowest BCUT2D eigenvalue weighted by Crippen LogP contribution is -2.43. The molecule has 2 saturated heterocycles. The molecule has 4 N–H and O–H groups in total. The molecule has 1 unspecified atom stereocenters. The van der Waals surface area contributed by atoms with Crippen LogP contribution in [0.4, 0.5) is 24.0 Å². The zero-order valence-electron chi connectivity index (χ0n) is 23.6. The van der Waals surface area contributed by atoms with Gasteiger partial charge < -0.3 is 25.6 Å². The number of ether oxygens (including phenoxy) is 2. The quantitative estimate of drug-likeness (QED) is 0.247. The predicted molar refractivity (Wildman–Crippen MR) is 162 cm³/mol. The zero-order chi connectivity index (χ0) is 30.9. The molecule has 2 fully saturated rings. The van der Waals surface area contributed by atoms with Gasteiger partial charge in [0.15, 0.2) is 11.6 Å². The molecule has 0 saturated carbocycles. The number of thiophene rings is 1. The van der Waals surface area contributed by atoms with Gasteiger partial charge in [0.1, 0.15) is 47.1 Å². The highest BCUT2D eigenvalue weighted by atomic mass is 35.5. The Morgan fingerprint density at radius 1 is 1.34 bits per heavy atom. The first-order valence-corrected chi connectivity index (χ1v) is 15.5. The van der Waals surface area contributed by atoms with Gasteiger partial charge in [-0.1, -0.05) is 17.7 Å². The second kappa shape index (κ2) is 10.8. The van der Waals surface area contributed by atoms with Gasteiger partial charge in [-0.15, -0.1) is 11.3 Å². The van der Waals surface area contributed by atoms with Crippen molar-refractivity contribution in [1.29, 1.82) is 5.26 Å². The van der Waals surface area contributed by atoms with Gasteiger partial charge >= 0.3 is 6.01 Å². The molecule has 0 radical (unpaired) electrons. The van der Waals surface area contributed by atoms with Crippen molar-refractivity contribution in [3.8, 4) is 29.0 Å². The van der Waals surface area contributed by atoms with Crippen LogP contribution in [-0.2, 0) is 0 Å². The van der Waals surface area contributed by atoms with E-state index in [-0.39, 0.29) is 84.5 Å². The highest BCUT2D eigenvalue weighted by molar-refractivity contribution is 7.23. The summed E-state index contributed by atoms with van der Waals surface area (Å²) in [6.45, 7) is 2.78. The number of nitrogens with two attached hydrogens (primary N) is 1. The van der Waals surface area contributed by atoms with Gasteiger partial charge in [-0.3, -0.25) is 4.90 Å². The lowest BCUT2D eigenvalue weighted by molar-refractivity contribution is 0.105. The Labute approximate surface area is 259 Å². The Bertz CT molecular complexity index is 1870. The summed E-state index contributed by atoms with van der Waals surface area (Å²) in [7, 11) is 0. The van der Waals surface area contributed by atoms with E-state index in [0.717, 1.165) is 36.8 Å². The molecule has 3 aliphatic heterocycles. The van der Waals surface area contributed by atoms with E-state index < -0.39 is 29.4 Å². The summed E-state index contributed by atoms with van der Waals surface area (Å²) in [4.78, 5) is 11.1. The van der Waals surface area contributed by atoms with Crippen molar-refractivity contribution in [2.75, 3.05) is 37.4 Å². The Hall–Kier alpha value is -3.57.